The minimum Gasteiger partial charge on any atom is -0.390 e. The lowest BCUT2D eigenvalue weighted by Gasteiger charge is -2.34. The number of nitrogens with zero attached hydrogens (tertiary/aromatic N) is 2. The Balaban J connectivity index is 2.16. The van der Waals surface area contributed by atoms with Crippen molar-refractivity contribution in [1.29, 1.82) is 0 Å². The summed E-state index contributed by atoms with van der Waals surface area (Å²) in [6, 6.07) is 0. The summed E-state index contributed by atoms with van der Waals surface area (Å²) in [7, 11) is -3.46. The first-order valence-electron chi connectivity index (χ1n) is 5.13. The molecule has 6 nitrogen and oxygen atoms in total. The quantitative estimate of drug-likeness (QED) is 0.764. The number of hydrogen-bond acceptors (Lipinski definition) is 4. The van der Waals surface area contributed by atoms with Crippen molar-refractivity contribution in [3.8, 4) is 0 Å². The van der Waals surface area contributed by atoms with Gasteiger partial charge in [0.25, 0.3) is 10.0 Å². The van der Waals surface area contributed by atoms with Crippen LogP contribution in [0.2, 0.25) is 0 Å². The predicted octanol–water partition coefficient (Wildman–Crippen LogP) is -0.0548. The maximum atomic E-state index is 12.0. The van der Waals surface area contributed by atoms with E-state index in [9.17, 15) is 13.5 Å². The van der Waals surface area contributed by atoms with Crippen molar-refractivity contribution in [3.05, 3.63) is 12.5 Å². The fourth-order valence-electron chi connectivity index (χ4n) is 1.73. The molecule has 0 unspecified atom stereocenters. The van der Waals surface area contributed by atoms with Gasteiger partial charge >= 0.3 is 0 Å². The molecule has 0 spiro atoms. The smallest absolute Gasteiger partial charge is 0.260 e. The summed E-state index contributed by atoms with van der Waals surface area (Å²) in [5.41, 5.74) is -0.750. The summed E-state index contributed by atoms with van der Waals surface area (Å²) in [4.78, 5) is 6.29. The number of imidazole rings is 1. The van der Waals surface area contributed by atoms with Crippen LogP contribution in [-0.2, 0) is 10.0 Å². The first-order valence-corrected chi connectivity index (χ1v) is 6.57. The first-order chi connectivity index (χ1) is 7.42. The second kappa shape index (κ2) is 3.83. The molecule has 0 aromatic carbocycles. The molecule has 2 rings (SSSR count). The van der Waals surface area contributed by atoms with E-state index in [2.05, 4.69) is 9.97 Å². The Bertz CT molecular complexity index is 442. The Morgan fingerprint density at radius 3 is 2.62 bits per heavy atom. The highest BCUT2D eigenvalue weighted by atomic mass is 32.2. The molecule has 0 bridgehead atoms. The predicted molar refractivity (Wildman–Crippen MR) is 57.2 cm³/mol. The summed E-state index contributed by atoms with van der Waals surface area (Å²) in [5.74, 6) is 0. The number of aliphatic hydroxyl groups is 1. The van der Waals surface area contributed by atoms with E-state index in [0.29, 0.717) is 25.9 Å². The molecule has 1 fully saturated rings. The topological polar surface area (TPSA) is 86.3 Å². The third-order valence-electron chi connectivity index (χ3n) is 2.89. The van der Waals surface area contributed by atoms with Crippen LogP contribution >= 0.6 is 0 Å². The van der Waals surface area contributed by atoms with E-state index in [4.69, 9.17) is 0 Å². The van der Waals surface area contributed by atoms with Crippen LogP contribution in [0, 0.1) is 0 Å². The SMILES string of the molecule is CC1(O)CCN(S(=O)(=O)c2cnc[nH]2)CC1. The molecule has 1 aliphatic rings. The van der Waals surface area contributed by atoms with Crippen LogP contribution < -0.4 is 0 Å². The monoisotopic (exact) mass is 245 g/mol. The van der Waals surface area contributed by atoms with E-state index >= 15 is 0 Å². The van der Waals surface area contributed by atoms with Crippen LogP contribution in [0.1, 0.15) is 19.8 Å². The minimum absolute atomic E-state index is 0.106. The molecule has 7 heteroatoms. The zero-order valence-corrected chi connectivity index (χ0v) is 9.87. The van der Waals surface area contributed by atoms with Gasteiger partial charge in [0.1, 0.15) is 0 Å². The van der Waals surface area contributed by atoms with Crippen molar-refractivity contribution < 1.29 is 13.5 Å². The van der Waals surface area contributed by atoms with Gasteiger partial charge in [0.2, 0.25) is 0 Å². The van der Waals surface area contributed by atoms with Gasteiger partial charge in [-0.15, -0.1) is 0 Å². The minimum atomic E-state index is -3.46. The molecule has 1 saturated heterocycles. The van der Waals surface area contributed by atoms with E-state index in [1.54, 1.807) is 6.92 Å². The molecule has 1 aromatic rings. The molecule has 16 heavy (non-hydrogen) atoms. The standard InChI is InChI=1S/C9H15N3O3S/c1-9(13)2-4-12(5-3-9)16(14,15)8-6-10-7-11-8/h6-7,13H,2-5H2,1H3,(H,10,11). The first kappa shape index (κ1) is 11.6. The van der Waals surface area contributed by atoms with Crippen LogP contribution in [0.4, 0.5) is 0 Å². The third-order valence-corrected chi connectivity index (χ3v) is 4.71. The molecular weight excluding hydrogens is 230 g/mol. The average molecular weight is 245 g/mol. The number of H-pyrrole nitrogens is 1. The van der Waals surface area contributed by atoms with Crippen molar-refractivity contribution in [2.75, 3.05) is 13.1 Å². The number of nitrogens with one attached hydrogen (secondary N) is 1. The second-order valence-corrected chi connectivity index (χ2v) is 6.22. The highest BCUT2D eigenvalue weighted by Gasteiger charge is 2.34. The van der Waals surface area contributed by atoms with Gasteiger partial charge in [-0.05, 0) is 19.8 Å². The van der Waals surface area contributed by atoms with Crippen LogP contribution in [-0.4, -0.2) is 46.5 Å². The fraction of sp³-hybridized carbons (Fsp3) is 0.667. The van der Waals surface area contributed by atoms with Gasteiger partial charge in [-0.3, -0.25) is 0 Å². The maximum absolute atomic E-state index is 12.0. The van der Waals surface area contributed by atoms with Crippen molar-refractivity contribution in [2.45, 2.75) is 30.4 Å². The highest BCUT2D eigenvalue weighted by molar-refractivity contribution is 7.89. The number of rotatable bonds is 2. The van der Waals surface area contributed by atoms with Gasteiger partial charge in [0, 0.05) is 13.1 Å². The van der Waals surface area contributed by atoms with E-state index in [-0.39, 0.29) is 5.03 Å². The van der Waals surface area contributed by atoms with Gasteiger partial charge in [-0.2, -0.15) is 4.31 Å². The van der Waals surface area contributed by atoms with E-state index in [1.165, 1.54) is 16.8 Å². The van der Waals surface area contributed by atoms with Crippen molar-refractivity contribution >= 4 is 10.0 Å². The van der Waals surface area contributed by atoms with Crippen LogP contribution in [0.5, 0.6) is 0 Å². The molecule has 1 aliphatic heterocycles. The summed E-state index contributed by atoms with van der Waals surface area (Å²) in [6.07, 6.45) is 3.55. The lowest BCUT2D eigenvalue weighted by atomic mass is 9.95. The Hall–Kier alpha value is -0.920. The molecule has 2 N–H and O–H groups in total. The van der Waals surface area contributed by atoms with Crippen LogP contribution in [0.25, 0.3) is 0 Å². The number of hydrogen-bond donors (Lipinski definition) is 2. The molecule has 0 aliphatic carbocycles. The molecular formula is C9H15N3O3S. The summed E-state index contributed by atoms with van der Waals surface area (Å²) in [5, 5.41) is 9.85. The largest absolute Gasteiger partial charge is 0.390 e. The Labute approximate surface area is 94.4 Å². The van der Waals surface area contributed by atoms with Gasteiger partial charge in [0.15, 0.2) is 5.03 Å². The highest BCUT2D eigenvalue weighted by Crippen LogP contribution is 2.25. The zero-order valence-electron chi connectivity index (χ0n) is 9.05. The van der Waals surface area contributed by atoms with E-state index in [1.807, 2.05) is 0 Å². The Morgan fingerprint density at radius 2 is 2.12 bits per heavy atom. The normalized spacial score (nSPS) is 22.1. The Kier molecular flexibility index (Phi) is 2.77. The number of aromatic nitrogens is 2. The molecule has 0 atom stereocenters. The molecule has 0 radical (unpaired) electrons. The van der Waals surface area contributed by atoms with Gasteiger partial charge < -0.3 is 10.1 Å². The van der Waals surface area contributed by atoms with Crippen molar-refractivity contribution in [3.63, 3.8) is 0 Å². The van der Waals surface area contributed by atoms with Crippen molar-refractivity contribution in [1.82, 2.24) is 14.3 Å². The summed E-state index contributed by atoms with van der Waals surface area (Å²) < 4.78 is 25.4. The summed E-state index contributed by atoms with van der Waals surface area (Å²) in [6.45, 7) is 2.41. The third kappa shape index (κ3) is 2.11. The number of sulfonamides is 1. The number of aromatic amines is 1. The molecule has 90 valence electrons. The average Bonchev–Trinajstić information content (AvgIpc) is 2.70. The maximum Gasteiger partial charge on any atom is 0.260 e. The zero-order chi connectivity index (χ0) is 11.8. The summed E-state index contributed by atoms with van der Waals surface area (Å²) >= 11 is 0. The van der Waals surface area contributed by atoms with Crippen molar-refractivity contribution in [2.24, 2.45) is 0 Å². The molecule has 0 saturated carbocycles. The lowest BCUT2D eigenvalue weighted by molar-refractivity contribution is 0.0125. The molecule has 0 amide bonds. The lowest BCUT2D eigenvalue weighted by Crippen LogP contribution is -2.45. The number of piperidine rings is 1. The van der Waals surface area contributed by atoms with Gasteiger partial charge in [-0.1, -0.05) is 0 Å². The molecule has 2 heterocycles. The fourth-order valence-corrected chi connectivity index (χ4v) is 3.07. The second-order valence-electron chi connectivity index (χ2n) is 4.32. The van der Waals surface area contributed by atoms with Crippen LogP contribution in [0.15, 0.2) is 17.6 Å². The Morgan fingerprint density at radius 1 is 1.50 bits per heavy atom. The van der Waals surface area contributed by atoms with Gasteiger partial charge in [0.05, 0.1) is 18.1 Å². The van der Waals surface area contributed by atoms with Crippen LogP contribution in [0.3, 0.4) is 0 Å². The van der Waals surface area contributed by atoms with E-state index < -0.39 is 15.6 Å². The molecule has 1 aromatic heterocycles. The van der Waals surface area contributed by atoms with E-state index in [0.717, 1.165) is 0 Å². The van der Waals surface area contributed by atoms with Gasteiger partial charge in [-0.25, -0.2) is 13.4 Å².